The molecule has 0 fully saturated rings. The van der Waals surface area contributed by atoms with Gasteiger partial charge in [0.2, 0.25) is 0 Å². The van der Waals surface area contributed by atoms with E-state index in [1.165, 1.54) is 6.92 Å². The number of halogens is 1. The third-order valence-corrected chi connectivity index (χ3v) is 4.67. The summed E-state index contributed by atoms with van der Waals surface area (Å²) in [6.45, 7) is 5.12. The molecule has 17 heavy (non-hydrogen) atoms. The molecule has 0 heterocycles. The van der Waals surface area contributed by atoms with E-state index >= 15 is 0 Å². The number of benzene rings is 1. The van der Waals surface area contributed by atoms with Gasteiger partial charge in [0.25, 0.3) is 0 Å². The highest BCUT2D eigenvalue weighted by Crippen LogP contribution is 2.23. The number of Topliss-reactive ketones (excluding diaryl/α,β-unsaturated/α-hetero) is 1. The summed E-state index contributed by atoms with van der Waals surface area (Å²) in [5.41, 5.74) is 2.16. The molecule has 0 aromatic heterocycles. The van der Waals surface area contributed by atoms with Gasteiger partial charge in [0.1, 0.15) is 5.25 Å². The topological polar surface area (TPSA) is 51.2 Å². The molecule has 0 aliphatic heterocycles. The molecule has 0 saturated heterocycles. The fourth-order valence-corrected chi connectivity index (χ4v) is 2.21. The minimum absolute atomic E-state index is 0.271. The highest BCUT2D eigenvalue weighted by Gasteiger charge is 2.26. The van der Waals surface area contributed by atoms with Gasteiger partial charge in [-0.1, -0.05) is 11.6 Å². The molecule has 1 aromatic carbocycles. The van der Waals surface area contributed by atoms with Crippen molar-refractivity contribution in [2.45, 2.75) is 26.0 Å². The molecule has 3 nitrogen and oxygen atoms in total. The predicted octanol–water partition coefficient (Wildman–Crippen LogP) is 2.57. The Bertz CT molecular complexity index is 561. The van der Waals surface area contributed by atoms with Crippen LogP contribution in [-0.4, -0.2) is 25.7 Å². The van der Waals surface area contributed by atoms with E-state index in [-0.39, 0.29) is 5.56 Å². The van der Waals surface area contributed by atoms with Crippen LogP contribution in [0.1, 0.15) is 28.4 Å². The zero-order valence-electron chi connectivity index (χ0n) is 10.2. The Kier molecular flexibility index (Phi) is 3.99. The molecule has 0 N–H and O–H groups in total. The number of aryl methyl sites for hydroxylation is 2. The maximum absolute atomic E-state index is 12.0. The van der Waals surface area contributed by atoms with Crippen LogP contribution in [0.25, 0.3) is 0 Å². The molecule has 0 radical (unpaired) electrons. The van der Waals surface area contributed by atoms with Gasteiger partial charge in [-0.3, -0.25) is 4.79 Å². The number of hydrogen-bond donors (Lipinski definition) is 0. The Morgan fingerprint density at radius 3 is 2.18 bits per heavy atom. The van der Waals surface area contributed by atoms with Gasteiger partial charge in [-0.05, 0) is 44.0 Å². The molecule has 94 valence electrons. The zero-order chi connectivity index (χ0) is 13.4. The van der Waals surface area contributed by atoms with Crippen LogP contribution in [0.3, 0.4) is 0 Å². The molecule has 1 atom stereocenters. The fourth-order valence-electron chi connectivity index (χ4n) is 1.38. The van der Waals surface area contributed by atoms with Gasteiger partial charge in [0.05, 0.1) is 5.02 Å². The number of hydrogen-bond acceptors (Lipinski definition) is 3. The second-order valence-corrected chi connectivity index (χ2v) is 7.03. The van der Waals surface area contributed by atoms with Crippen LogP contribution in [0, 0.1) is 13.8 Å². The van der Waals surface area contributed by atoms with Crippen molar-refractivity contribution in [3.05, 3.63) is 33.8 Å². The largest absolute Gasteiger partial charge is 0.293 e. The molecule has 0 aliphatic rings. The second kappa shape index (κ2) is 4.78. The van der Waals surface area contributed by atoms with Crippen molar-refractivity contribution in [1.82, 2.24) is 0 Å². The van der Waals surface area contributed by atoms with Crippen molar-refractivity contribution < 1.29 is 13.2 Å². The third-order valence-electron chi connectivity index (χ3n) is 2.86. The molecule has 1 unspecified atom stereocenters. The number of carbonyl (C=O) groups excluding carboxylic acids is 1. The average Bonchev–Trinajstić information content (AvgIpc) is 2.20. The van der Waals surface area contributed by atoms with Crippen molar-refractivity contribution in [2.24, 2.45) is 0 Å². The minimum Gasteiger partial charge on any atom is -0.293 e. The van der Waals surface area contributed by atoms with Crippen LogP contribution < -0.4 is 0 Å². The summed E-state index contributed by atoms with van der Waals surface area (Å²) in [5, 5.41) is -0.768. The Morgan fingerprint density at radius 2 is 1.71 bits per heavy atom. The fraction of sp³-hybridized carbons (Fsp3) is 0.417. The Balaban J connectivity index is 3.27. The van der Waals surface area contributed by atoms with Crippen LogP contribution in [0.15, 0.2) is 12.1 Å². The molecule has 1 aromatic rings. The van der Waals surface area contributed by atoms with Gasteiger partial charge < -0.3 is 0 Å². The van der Waals surface area contributed by atoms with E-state index in [1.807, 2.05) is 13.8 Å². The van der Waals surface area contributed by atoms with E-state index in [0.717, 1.165) is 17.4 Å². The molecule has 0 amide bonds. The first-order valence-electron chi connectivity index (χ1n) is 5.14. The van der Waals surface area contributed by atoms with Crippen LogP contribution in [0.2, 0.25) is 5.02 Å². The summed E-state index contributed by atoms with van der Waals surface area (Å²) in [7, 11) is -3.40. The molecular weight excluding hydrogens is 260 g/mol. The standard InChI is InChI=1S/C12H15ClO3S/c1-7-5-10(11(13)6-8(7)2)12(14)9(3)17(4,15)16/h5-6,9H,1-4H3. The summed E-state index contributed by atoms with van der Waals surface area (Å²) >= 11 is 5.97. The lowest BCUT2D eigenvalue weighted by Gasteiger charge is -2.11. The molecule has 0 spiro atoms. The quantitative estimate of drug-likeness (QED) is 0.796. The van der Waals surface area contributed by atoms with Crippen molar-refractivity contribution >= 4 is 27.2 Å². The van der Waals surface area contributed by atoms with Gasteiger partial charge in [0, 0.05) is 11.8 Å². The van der Waals surface area contributed by atoms with Gasteiger partial charge >= 0.3 is 0 Å². The lowest BCUT2D eigenvalue weighted by atomic mass is 10.0. The summed E-state index contributed by atoms with van der Waals surface area (Å²) < 4.78 is 22.7. The molecule has 0 bridgehead atoms. The van der Waals surface area contributed by atoms with Gasteiger partial charge in [-0.25, -0.2) is 8.42 Å². The van der Waals surface area contributed by atoms with Crippen molar-refractivity contribution in [1.29, 1.82) is 0 Å². The highest BCUT2D eigenvalue weighted by molar-refractivity contribution is 7.92. The van der Waals surface area contributed by atoms with Crippen LogP contribution in [0.5, 0.6) is 0 Å². The van der Waals surface area contributed by atoms with Crippen LogP contribution in [-0.2, 0) is 9.84 Å². The normalized spacial score (nSPS) is 13.5. The van der Waals surface area contributed by atoms with E-state index in [4.69, 9.17) is 11.6 Å². The van der Waals surface area contributed by atoms with Crippen molar-refractivity contribution in [2.75, 3.05) is 6.26 Å². The first kappa shape index (κ1) is 14.2. The molecule has 0 aliphatic carbocycles. The first-order chi connectivity index (χ1) is 7.64. The Morgan fingerprint density at radius 1 is 1.24 bits per heavy atom. The first-order valence-corrected chi connectivity index (χ1v) is 7.47. The molecule has 1 rings (SSSR count). The van der Waals surface area contributed by atoms with Crippen molar-refractivity contribution in [3.63, 3.8) is 0 Å². The maximum atomic E-state index is 12.0. The van der Waals surface area contributed by atoms with E-state index in [0.29, 0.717) is 5.02 Å². The summed E-state index contributed by atoms with van der Waals surface area (Å²) in [4.78, 5) is 12.0. The monoisotopic (exact) mass is 274 g/mol. The van der Waals surface area contributed by atoms with Crippen LogP contribution in [0.4, 0.5) is 0 Å². The Labute approximate surface area is 107 Å². The number of sulfone groups is 1. The van der Waals surface area contributed by atoms with Gasteiger partial charge in [-0.2, -0.15) is 0 Å². The predicted molar refractivity (Wildman–Crippen MR) is 69.6 cm³/mol. The second-order valence-electron chi connectivity index (χ2n) is 4.25. The summed E-state index contributed by atoms with van der Waals surface area (Å²) in [5.74, 6) is -0.458. The maximum Gasteiger partial charge on any atom is 0.182 e. The molecular formula is C12H15ClO3S. The zero-order valence-corrected chi connectivity index (χ0v) is 11.8. The SMILES string of the molecule is Cc1cc(Cl)c(C(=O)C(C)S(C)(=O)=O)cc1C. The summed E-state index contributed by atoms with van der Waals surface area (Å²) in [6.07, 6.45) is 1.05. The van der Waals surface area contributed by atoms with E-state index < -0.39 is 20.9 Å². The van der Waals surface area contributed by atoms with Crippen molar-refractivity contribution in [3.8, 4) is 0 Å². The number of rotatable bonds is 3. The van der Waals surface area contributed by atoms with E-state index in [1.54, 1.807) is 12.1 Å². The number of ketones is 1. The van der Waals surface area contributed by atoms with Gasteiger partial charge in [0.15, 0.2) is 15.6 Å². The smallest absolute Gasteiger partial charge is 0.182 e. The lowest BCUT2D eigenvalue weighted by Crippen LogP contribution is -2.26. The van der Waals surface area contributed by atoms with E-state index in [9.17, 15) is 13.2 Å². The third kappa shape index (κ3) is 3.07. The molecule has 5 heteroatoms. The summed E-state index contributed by atoms with van der Waals surface area (Å²) in [6, 6.07) is 3.32. The number of carbonyl (C=O) groups is 1. The lowest BCUT2D eigenvalue weighted by molar-refractivity contribution is 0.0991. The molecule has 0 saturated carbocycles. The highest BCUT2D eigenvalue weighted by atomic mass is 35.5. The minimum atomic E-state index is -3.40. The van der Waals surface area contributed by atoms with Gasteiger partial charge in [-0.15, -0.1) is 0 Å². The van der Waals surface area contributed by atoms with E-state index in [2.05, 4.69) is 0 Å². The Hall–Kier alpha value is -0.870. The van der Waals surface area contributed by atoms with Crippen LogP contribution >= 0.6 is 11.6 Å². The average molecular weight is 275 g/mol.